The van der Waals surface area contributed by atoms with E-state index in [-0.39, 0.29) is 6.10 Å². The topological polar surface area (TPSA) is 35.5 Å². The molecule has 112 valence electrons. The highest BCUT2D eigenvalue weighted by atomic mass is 16.3. The van der Waals surface area contributed by atoms with Gasteiger partial charge in [0.05, 0.1) is 6.10 Å². The molecule has 2 fully saturated rings. The van der Waals surface area contributed by atoms with Crippen LogP contribution in [0.4, 0.5) is 0 Å². The fourth-order valence-electron chi connectivity index (χ4n) is 3.75. The van der Waals surface area contributed by atoms with Gasteiger partial charge in [-0.1, -0.05) is 13.3 Å². The standard InChI is InChI=1S/C16H32N2O/c1-3-9-18-10-7-14(8-11-18)13(2)17-12-15-5-4-6-16(15)19/h13-17,19H,3-12H2,1-2H3. The van der Waals surface area contributed by atoms with Crippen LogP contribution in [0.25, 0.3) is 0 Å². The smallest absolute Gasteiger partial charge is 0.0580 e. The van der Waals surface area contributed by atoms with E-state index in [4.69, 9.17) is 0 Å². The number of aliphatic hydroxyl groups is 1. The number of aliphatic hydroxyl groups excluding tert-OH is 1. The van der Waals surface area contributed by atoms with E-state index in [1.165, 1.54) is 51.7 Å². The van der Waals surface area contributed by atoms with Crippen LogP contribution >= 0.6 is 0 Å². The highest BCUT2D eigenvalue weighted by molar-refractivity contribution is 4.83. The second-order valence-corrected chi connectivity index (χ2v) is 6.63. The zero-order valence-corrected chi connectivity index (χ0v) is 12.8. The van der Waals surface area contributed by atoms with Crippen molar-refractivity contribution in [1.29, 1.82) is 0 Å². The molecule has 3 nitrogen and oxygen atoms in total. The minimum absolute atomic E-state index is 0.0499. The van der Waals surface area contributed by atoms with Gasteiger partial charge in [-0.15, -0.1) is 0 Å². The van der Waals surface area contributed by atoms with Crippen molar-refractivity contribution >= 4 is 0 Å². The van der Waals surface area contributed by atoms with Crippen LogP contribution in [-0.2, 0) is 0 Å². The maximum absolute atomic E-state index is 9.86. The molecule has 0 aromatic heterocycles. The third-order valence-electron chi connectivity index (χ3n) is 5.20. The molecular formula is C16H32N2O. The minimum atomic E-state index is -0.0499. The van der Waals surface area contributed by atoms with E-state index in [0.29, 0.717) is 12.0 Å². The number of piperidine rings is 1. The Labute approximate surface area is 118 Å². The summed E-state index contributed by atoms with van der Waals surface area (Å²) in [6, 6.07) is 0.608. The molecule has 2 rings (SSSR count). The van der Waals surface area contributed by atoms with Crippen molar-refractivity contribution in [3.05, 3.63) is 0 Å². The van der Waals surface area contributed by atoms with Crippen molar-refractivity contribution in [3.63, 3.8) is 0 Å². The van der Waals surface area contributed by atoms with E-state index in [1.54, 1.807) is 0 Å². The van der Waals surface area contributed by atoms with E-state index in [9.17, 15) is 5.11 Å². The largest absolute Gasteiger partial charge is 0.393 e. The molecule has 2 N–H and O–H groups in total. The molecular weight excluding hydrogens is 236 g/mol. The molecule has 1 aliphatic heterocycles. The number of nitrogens with one attached hydrogen (secondary N) is 1. The van der Waals surface area contributed by atoms with Gasteiger partial charge in [0.15, 0.2) is 0 Å². The van der Waals surface area contributed by atoms with Crippen molar-refractivity contribution in [2.24, 2.45) is 11.8 Å². The maximum atomic E-state index is 9.86. The average Bonchev–Trinajstić information content (AvgIpc) is 2.83. The van der Waals surface area contributed by atoms with Crippen LogP contribution in [0.1, 0.15) is 52.4 Å². The molecule has 0 aromatic rings. The summed E-state index contributed by atoms with van der Waals surface area (Å²) >= 11 is 0. The molecule has 2 aliphatic rings. The average molecular weight is 268 g/mol. The van der Waals surface area contributed by atoms with E-state index in [0.717, 1.165) is 18.9 Å². The van der Waals surface area contributed by atoms with Gasteiger partial charge >= 0.3 is 0 Å². The molecule has 1 heterocycles. The number of hydrogen-bond donors (Lipinski definition) is 2. The van der Waals surface area contributed by atoms with Gasteiger partial charge in [0, 0.05) is 12.6 Å². The van der Waals surface area contributed by atoms with Crippen molar-refractivity contribution in [3.8, 4) is 0 Å². The fraction of sp³-hybridized carbons (Fsp3) is 1.00. The van der Waals surface area contributed by atoms with Crippen molar-refractivity contribution < 1.29 is 5.11 Å². The molecule has 3 unspecified atom stereocenters. The first kappa shape index (κ1) is 15.3. The zero-order valence-electron chi connectivity index (χ0n) is 12.8. The summed E-state index contributed by atoms with van der Waals surface area (Å²) < 4.78 is 0. The summed E-state index contributed by atoms with van der Waals surface area (Å²) in [6.45, 7) is 9.43. The second-order valence-electron chi connectivity index (χ2n) is 6.63. The van der Waals surface area contributed by atoms with E-state index in [1.807, 2.05) is 0 Å². The fourth-order valence-corrected chi connectivity index (χ4v) is 3.75. The van der Waals surface area contributed by atoms with E-state index in [2.05, 4.69) is 24.1 Å². The molecule has 0 spiro atoms. The van der Waals surface area contributed by atoms with Crippen LogP contribution < -0.4 is 5.32 Å². The third kappa shape index (κ3) is 4.44. The molecule has 0 aromatic carbocycles. The number of hydrogen-bond acceptors (Lipinski definition) is 3. The van der Waals surface area contributed by atoms with Crippen LogP contribution in [0, 0.1) is 11.8 Å². The minimum Gasteiger partial charge on any atom is -0.393 e. The monoisotopic (exact) mass is 268 g/mol. The molecule has 0 amide bonds. The Morgan fingerprint density at radius 2 is 1.95 bits per heavy atom. The Kier molecular flexibility index (Phi) is 6.11. The predicted octanol–water partition coefficient (Wildman–Crippen LogP) is 2.25. The first-order chi connectivity index (χ1) is 9.20. The van der Waals surface area contributed by atoms with Gasteiger partial charge in [0.25, 0.3) is 0 Å². The van der Waals surface area contributed by atoms with Crippen molar-refractivity contribution in [2.45, 2.75) is 64.5 Å². The summed E-state index contributed by atoms with van der Waals surface area (Å²) in [7, 11) is 0. The number of rotatable bonds is 6. The Morgan fingerprint density at radius 3 is 2.53 bits per heavy atom. The summed E-state index contributed by atoms with van der Waals surface area (Å²) in [4.78, 5) is 2.60. The van der Waals surface area contributed by atoms with Crippen LogP contribution in [0.2, 0.25) is 0 Å². The van der Waals surface area contributed by atoms with Gasteiger partial charge in [-0.25, -0.2) is 0 Å². The van der Waals surface area contributed by atoms with E-state index < -0.39 is 0 Å². The summed E-state index contributed by atoms with van der Waals surface area (Å²) in [5, 5.41) is 13.6. The molecule has 0 bridgehead atoms. The van der Waals surface area contributed by atoms with Gasteiger partial charge in [-0.05, 0) is 70.5 Å². The lowest BCUT2D eigenvalue weighted by atomic mass is 9.90. The molecule has 0 radical (unpaired) electrons. The number of nitrogens with zero attached hydrogens (tertiary/aromatic N) is 1. The highest BCUT2D eigenvalue weighted by Gasteiger charge is 2.27. The van der Waals surface area contributed by atoms with Crippen molar-refractivity contribution in [1.82, 2.24) is 10.2 Å². The lowest BCUT2D eigenvalue weighted by molar-refractivity contribution is 0.122. The first-order valence-electron chi connectivity index (χ1n) is 8.34. The van der Waals surface area contributed by atoms with Gasteiger partial charge in [-0.2, -0.15) is 0 Å². The predicted molar refractivity (Wildman–Crippen MR) is 80.3 cm³/mol. The lowest BCUT2D eigenvalue weighted by Gasteiger charge is -2.35. The lowest BCUT2D eigenvalue weighted by Crippen LogP contribution is -2.44. The maximum Gasteiger partial charge on any atom is 0.0580 e. The normalized spacial score (nSPS) is 31.7. The summed E-state index contributed by atoms with van der Waals surface area (Å²) in [5.41, 5.74) is 0. The van der Waals surface area contributed by atoms with Gasteiger partial charge in [0.1, 0.15) is 0 Å². The molecule has 1 aliphatic carbocycles. The summed E-state index contributed by atoms with van der Waals surface area (Å²) in [6.07, 6.45) is 7.32. The SMILES string of the molecule is CCCN1CCC(C(C)NCC2CCCC2O)CC1. The Morgan fingerprint density at radius 1 is 1.21 bits per heavy atom. The second kappa shape index (κ2) is 7.61. The molecule has 1 saturated heterocycles. The summed E-state index contributed by atoms with van der Waals surface area (Å²) in [5.74, 6) is 1.33. The molecule has 3 atom stereocenters. The van der Waals surface area contributed by atoms with Gasteiger partial charge in [-0.3, -0.25) is 0 Å². The Balaban J connectivity index is 1.65. The van der Waals surface area contributed by atoms with E-state index >= 15 is 0 Å². The molecule has 3 heteroatoms. The Bertz CT molecular complexity index is 251. The van der Waals surface area contributed by atoms with Crippen LogP contribution in [0.5, 0.6) is 0 Å². The third-order valence-corrected chi connectivity index (χ3v) is 5.20. The van der Waals surface area contributed by atoms with Gasteiger partial charge in [0.2, 0.25) is 0 Å². The molecule has 19 heavy (non-hydrogen) atoms. The first-order valence-corrected chi connectivity index (χ1v) is 8.34. The highest BCUT2D eigenvalue weighted by Crippen LogP contribution is 2.26. The van der Waals surface area contributed by atoms with Crippen molar-refractivity contribution in [2.75, 3.05) is 26.2 Å². The zero-order chi connectivity index (χ0) is 13.7. The van der Waals surface area contributed by atoms with Crippen LogP contribution in [0.3, 0.4) is 0 Å². The molecule has 1 saturated carbocycles. The van der Waals surface area contributed by atoms with Gasteiger partial charge < -0.3 is 15.3 Å². The number of likely N-dealkylation sites (tertiary alicyclic amines) is 1. The van der Waals surface area contributed by atoms with Crippen LogP contribution in [0.15, 0.2) is 0 Å². The quantitative estimate of drug-likeness (QED) is 0.775. The van der Waals surface area contributed by atoms with Crippen LogP contribution in [-0.4, -0.2) is 48.3 Å². The Hall–Kier alpha value is -0.120.